The molecule has 1 aromatic carbocycles. The van der Waals surface area contributed by atoms with Gasteiger partial charge in [0.15, 0.2) is 0 Å². The SMILES string of the molecule is COc1cnc(C(=O)Nc2ccc(F)c(C3(CF)N=C(N)O[C@H]4CC(F)(F)CC43)c2)cn1. The Balaban J connectivity index is 1.69. The van der Waals surface area contributed by atoms with Gasteiger partial charge in [0, 0.05) is 30.0 Å². The van der Waals surface area contributed by atoms with Crippen LogP contribution in [0.2, 0.25) is 0 Å². The molecule has 1 aliphatic carbocycles. The Morgan fingerprint density at radius 1 is 1.31 bits per heavy atom. The Hall–Kier alpha value is -3.44. The van der Waals surface area contributed by atoms with Crippen molar-refractivity contribution >= 4 is 17.6 Å². The van der Waals surface area contributed by atoms with Crippen LogP contribution in [0.25, 0.3) is 0 Å². The quantitative estimate of drug-likeness (QED) is 0.674. The fraction of sp³-hybridized carbons (Fsp3) is 0.400. The minimum atomic E-state index is -3.13. The molecule has 0 saturated heterocycles. The molecule has 1 fully saturated rings. The number of carbonyl (C=O) groups is 1. The second-order valence-electron chi connectivity index (χ2n) is 7.63. The van der Waals surface area contributed by atoms with Crippen molar-refractivity contribution in [2.75, 3.05) is 19.1 Å². The summed E-state index contributed by atoms with van der Waals surface area (Å²) in [4.78, 5) is 24.2. The van der Waals surface area contributed by atoms with Crippen LogP contribution in [0, 0.1) is 11.7 Å². The van der Waals surface area contributed by atoms with Gasteiger partial charge in [0.25, 0.3) is 17.9 Å². The average Bonchev–Trinajstić information content (AvgIpc) is 3.08. The van der Waals surface area contributed by atoms with Gasteiger partial charge in [-0.05, 0) is 18.2 Å². The zero-order valence-corrected chi connectivity index (χ0v) is 16.8. The van der Waals surface area contributed by atoms with E-state index in [1.807, 2.05) is 0 Å². The van der Waals surface area contributed by atoms with E-state index < -0.39 is 60.7 Å². The number of aliphatic imine (C=N–C) groups is 1. The third-order valence-corrected chi connectivity index (χ3v) is 5.63. The highest BCUT2D eigenvalue weighted by molar-refractivity contribution is 6.02. The third kappa shape index (κ3) is 3.80. The summed E-state index contributed by atoms with van der Waals surface area (Å²) in [6, 6.07) is 2.89. The van der Waals surface area contributed by atoms with Crippen molar-refractivity contribution in [3.63, 3.8) is 0 Å². The number of fused-ring (bicyclic) bond motifs is 1. The summed E-state index contributed by atoms with van der Waals surface area (Å²) in [7, 11) is 1.39. The number of anilines is 1. The molecule has 1 aromatic heterocycles. The van der Waals surface area contributed by atoms with Crippen molar-refractivity contribution in [3.8, 4) is 5.88 Å². The molecule has 170 valence electrons. The van der Waals surface area contributed by atoms with Crippen molar-refractivity contribution < 1.29 is 31.8 Å². The van der Waals surface area contributed by atoms with Crippen molar-refractivity contribution in [2.45, 2.75) is 30.4 Å². The highest BCUT2D eigenvalue weighted by Crippen LogP contribution is 2.53. The number of carbonyl (C=O) groups excluding carboxylic acids is 1. The lowest BCUT2D eigenvalue weighted by molar-refractivity contribution is -0.00299. The van der Waals surface area contributed by atoms with E-state index >= 15 is 0 Å². The lowest BCUT2D eigenvalue weighted by atomic mass is 9.76. The topological polar surface area (TPSA) is 112 Å². The molecule has 3 atom stereocenters. The minimum absolute atomic E-state index is 0.0549. The Morgan fingerprint density at radius 3 is 2.75 bits per heavy atom. The summed E-state index contributed by atoms with van der Waals surface area (Å²) < 4.78 is 67.6. The van der Waals surface area contributed by atoms with E-state index in [0.29, 0.717) is 0 Å². The van der Waals surface area contributed by atoms with Crippen LogP contribution in [0.1, 0.15) is 28.9 Å². The Kier molecular flexibility index (Phi) is 5.39. The number of nitrogens with two attached hydrogens (primary N) is 1. The average molecular weight is 453 g/mol. The van der Waals surface area contributed by atoms with Crippen LogP contribution in [-0.4, -0.2) is 47.7 Å². The minimum Gasteiger partial charge on any atom is -0.480 e. The maximum Gasteiger partial charge on any atom is 0.283 e. The molecule has 0 bridgehead atoms. The van der Waals surface area contributed by atoms with Crippen LogP contribution < -0.4 is 15.8 Å². The molecule has 12 heteroatoms. The summed E-state index contributed by atoms with van der Waals surface area (Å²) in [5.74, 6) is -5.63. The molecule has 2 unspecified atom stereocenters. The molecule has 0 radical (unpaired) electrons. The van der Waals surface area contributed by atoms with Crippen LogP contribution in [0.3, 0.4) is 0 Å². The molecule has 32 heavy (non-hydrogen) atoms. The number of hydrogen-bond acceptors (Lipinski definition) is 7. The lowest BCUT2D eigenvalue weighted by Gasteiger charge is -2.40. The van der Waals surface area contributed by atoms with Gasteiger partial charge in [0.05, 0.1) is 19.5 Å². The maximum absolute atomic E-state index is 14.9. The van der Waals surface area contributed by atoms with Crippen molar-refractivity contribution in [2.24, 2.45) is 16.6 Å². The van der Waals surface area contributed by atoms with E-state index in [2.05, 4.69) is 20.3 Å². The Morgan fingerprint density at radius 2 is 2.09 bits per heavy atom. The number of nitrogens with one attached hydrogen (secondary N) is 1. The van der Waals surface area contributed by atoms with E-state index in [1.54, 1.807) is 0 Å². The first-order valence-electron chi connectivity index (χ1n) is 9.60. The lowest BCUT2D eigenvalue weighted by Crippen LogP contribution is -2.48. The maximum atomic E-state index is 14.9. The number of aromatic nitrogens is 2. The standard InChI is InChI=1S/C20H19F4N5O3/c1-31-16-8-26-14(7-27-16)17(30)28-10-2-3-13(22)11(4-10)20(9-21)12-5-19(23,24)6-15(12)32-18(25)29-20/h2-4,7-8,12,15H,5-6,9H2,1H3,(H2,25,29)(H,28,30)/t12?,15-,20?/m0/s1. The molecule has 1 aliphatic heterocycles. The second-order valence-corrected chi connectivity index (χ2v) is 7.63. The van der Waals surface area contributed by atoms with Gasteiger partial charge in [-0.15, -0.1) is 0 Å². The number of amides is 1. The summed E-state index contributed by atoms with van der Waals surface area (Å²) in [5.41, 5.74) is 3.34. The molecular weight excluding hydrogens is 434 g/mol. The first-order valence-corrected chi connectivity index (χ1v) is 9.60. The van der Waals surface area contributed by atoms with Gasteiger partial charge < -0.3 is 20.5 Å². The zero-order valence-electron chi connectivity index (χ0n) is 16.8. The van der Waals surface area contributed by atoms with Crippen molar-refractivity contribution in [1.29, 1.82) is 0 Å². The zero-order chi connectivity index (χ0) is 23.1. The van der Waals surface area contributed by atoms with Gasteiger partial charge in [-0.25, -0.2) is 32.5 Å². The molecule has 3 N–H and O–H groups in total. The monoisotopic (exact) mass is 453 g/mol. The van der Waals surface area contributed by atoms with Gasteiger partial charge >= 0.3 is 0 Å². The second kappa shape index (κ2) is 7.92. The van der Waals surface area contributed by atoms with E-state index in [1.165, 1.54) is 25.6 Å². The van der Waals surface area contributed by atoms with E-state index in [4.69, 9.17) is 15.2 Å². The fourth-order valence-corrected chi connectivity index (χ4v) is 4.16. The Bertz CT molecular complexity index is 1070. The van der Waals surface area contributed by atoms with Gasteiger partial charge in [-0.1, -0.05) is 0 Å². The number of benzene rings is 1. The third-order valence-electron chi connectivity index (χ3n) is 5.63. The van der Waals surface area contributed by atoms with Crippen molar-refractivity contribution in [1.82, 2.24) is 9.97 Å². The smallest absolute Gasteiger partial charge is 0.283 e. The molecule has 8 nitrogen and oxygen atoms in total. The largest absolute Gasteiger partial charge is 0.480 e. The van der Waals surface area contributed by atoms with Crippen LogP contribution in [0.5, 0.6) is 5.88 Å². The summed E-state index contributed by atoms with van der Waals surface area (Å²) in [5, 5.41) is 2.50. The number of hydrogen-bond donors (Lipinski definition) is 2. The molecule has 1 saturated carbocycles. The first-order chi connectivity index (χ1) is 15.2. The molecule has 0 spiro atoms. The van der Waals surface area contributed by atoms with E-state index in [9.17, 15) is 22.4 Å². The van der Waals surface area contributed by atoms with E-state index in [0.717, 1.165) is 12.1 Å². The highest BCUT2D eigenvalue weighted by atomic mass is 19.3. The number of ether oxygens (including phenoxy) is 2. The van der Waals surface area contributed by atoms with Gasteiger partial charge in [-0.2, -0.15) is 0 Å². The molecule has 2 aliphatic rings. The molecule has 1 amide bonds. The van der Waals surface area contributed by atoms with E-state index in [-0.39, 0.29) is 22.8 Å². The van der Waals surface area contributed by atoms with Gasteiger partial charge in [-0.3, -0.25) is 4.79 Å². The molecule has 2 heterocycles. The van der Waals surface area contributed by atoms with Crippen LogP contribution in [0.15, 0.2) is 35.6 Å². The number of halogens is 4. The predicted octanol–water partition coefficient (Wildman–Crippen LogP) is 2.80. The van der Waals surface area contributed by atoms with Crippen LogP contribution >= 0.6 is 0 Å². The summed E-state index contributed by atoms with van der Waals surface area (Å²) in [6.07, 6.45) is -0.121. The number of amidine groups is 1. The highest BCUT2D eigenvalue weighted by Gasteiger charge is 2.60. The summed E-state index contributed by atoms with van der Waals surface area (Å²) in [6.45, 7) is -1.29. The molecule has 4 rings (SSSR count). The number of rotatable bonds is 5. The number of methoxy groups -OCH3 is 1. The fourth-order valence-electron chi connectivity index (χ4n) is 4.16. The van der Waals surface area contributed by atoms with Crippen LogP contribution in [0.4, 0.5) is 23.2 Å². The van der Waals surface area contributed by atoms with Crippen molar-refractivity contribution in [3.05, 3.63) is 47.7 Å². The predicted molar refractivity (Wildman–Crippen MR) is 105 cm³/mol. The number of nitrogens with zero attached hydrogens (tertiary/aromatic N) is 3. The molecular formula is C20H19F4N5O3. The van der Waals surface area contributed by atoms with Crippen LogP contribution in [-0.2, 0) is 10.3 Å². The normalized spacial score (nSPS) is 26.0. The van der Waals surface area contributed by atoms with Gasteiger partial charge in [0.2, 0.25) is 5.88 Å². The first kappa shape index (κ1) is 21.8. The molecule has 2 aromatic rings. The number of alkyl halides is 3. The summed E-state index contributed by atoms with van der Waals surface area (Å²) >= 11 is 0. The Labute approximate surface area is 179 Å². The van der Waals surface area contributed by atoms with Gasteiger partial charge in [0.1, 0.15) is 29.8 Å².